The fourth-order valence-electron chi connectivity index (χ4n) is 5.16. The molecule has 2 heterocycles. The van der Waals surface area contributed by atoms with Gasteiger partial charge in [0.15, 0.2) is 0 Å². The first kappa shape index (κ1) is 27.3. The Bertz CT molecular complexity index is 1350. The molecule has 0 spiro atoms. The predicted molar refractivity (Wildman–Crippen MR) is 157 cm³/mol. The zero-order chi connectivity index (χ0) is 27.2. The van der Waals surface area contributed by atoms with E-state index in [1.54, 1.807) is 0 Å². The van der Waals surface area contributed by atoms with Crippen molar-refractivity contribution in [1.82, 2.24) is 4.90 Å². The minimum absolute atomic E-state index is 0.154. The maximum atomic E-state index is 13.2. The zero-order valence-electron chi connectivity index (χ0n) is 22.7. The average molecular weight is 545 g/mol. The third-order valence-corrected chi connectivity index (χ3v) is 8.83. The third-order valence-electron chi connectivity index (χ3n) is 7.39. The smallest absolute Gasteiger partial charge is 0.251 e. The number of benzene rings is 3. The van der Waals surface area contributed by atoms with Crippen molar-refractivity contribution in [3.05, 3.63) is 83.4 Å². The van der Waals surface area contributed by atoms with Crippen LogP contribution in [0, 0.1) is 0 Å². The van der Waals surface area contributed by atoms with E-state index < -0.39 is 10.8 Å². The molecule has 6 nitrogen and oxygen atoms in total. The molecule has 1 fully saturated rings. The summed E-state index contributed by atoms with van der Waals surface area (Å²) in [6, 6.07) is 22.5. The van der Waals surface area contributed by atoms with Gasteiger partial charge in [-0.2, -0.15) is 0 Å². The van der Waals surface area contributed by atoms with Gasteiger partial charge in [0.25, 0.3) is 5.91 Å². The van der Waals surface area contributed by atoms with E-state index in [1.807, 2.05) is 67.6 Å². The maximum absolute atomic E-state index is 13.2. The molecule has 2 aliphatic rings. The van der Waals surface area contributed by atoms with Crippen molar-refractivity contribution in [2.45, 2.75) is 43.7 Å². The lowest BCUT2D eigenvalue weighted by atomic mass is 10.0. The van der Waals surface area contributed by atoms with Crippen molar-refractivity contribution < 1.29 is 18.5 Å². The minimum Gasteiger partial charge on any atom is -0.494 e. The van der Waals surface area contributed by atoms with Crippen molar-refractivity contribution in [2.75, 3.05) is 37.9 Å². The maximum Gasteiger partial charge on any atom is 0.251 e. The molecule has 0 aromatic heterocycles. The predicted octanol–water partition coefficient (Wildman–Crippen LogP) is 5.90. The van der Waals surface area contributed by atoms with Gasteiger partial charge in [-0.3, -0.25) is 13.9 Å². The lowest BCUT2D eigenvalue weighted by molar-refractivity contribution is -0.112. The van der Waals surface area contributed by atoms with Crippen LogP contribution in [0.5, 0.6) is 5.75 Å². The molecule has 1 amide bonds. The highest BCUT2D eigenvalue weighted by Gasteiger charge is 2.21. The Kier molecular flexibility index (Phi) is 8.91. The van der Waals surface area contributed by atoms with E-state index in [4.69, 9.17) is 9.47 Å². The summed E-state index contributed by atoms with van der Waals surface area (Å²) in [4.78, 5) is 16.4. The first-order chi connectivity index (χ1) is 19.0. The van der Waals surface area contributed by atoms with Gasteiger partial charge in [-0.15, -0.1) is 0 Å². The topological polar surface area (TPSA) is 67.9 Å². The number of nitrogens with zero attached hydrogens (tertiary/aromatic N) is 1. The van der Waals surface area contributed by atoms with Crippen LogP contribution in [-0.2, 0) is 26.9 Å². The Hall–Kier alpha value is -3.26. The average Bonchev–Trinajstić information content (AvgIpc) is 3.13. The van der Waals surface area contributed by atoms with E-state index in [9.17, 15) is 9.00 Å². The van der Waals surface area contributed by atoms with Gasteiger partial charge in [-0.1, -0.05) is 30.3 Å². The van der Waals surface area contributed by atoms with Crippen molar-refractivity contribution in [3.63, 3.8) is 0 Å². The number of hydrogen-bond donors (Lipinski definition) is 1. The largest absolute Gasteiger partial charge is 0.494 e. The van der Waals surface area contributed by atoms with Crippen LogP contribution in [0.15, 0.2) is 77.2 Å². The number of carbonyl (C=O) groups excluding carboxylic acids is 1. The van der Waals surface area contributed by atoms with E-state index in [0.717, 1.165) is 65.6 Å². The monoisotopic (exact) mass is 544 g/mol. The summed E-state index contributed by atoms with van der Waals surface area (Å²) in [5, 5.41) is 3.04. The summed E-state index contributed by atoms with van der Waals surface area (Å²) < 4.78 is 24.0. The van der Waals surface area contributed by atoms with Crippen LogP contribution in [0.25, 0.3) is 17.2 Å². The van der Waals surface area contributed by atoms with Crippen molar-refractivity contribution in [1.29, 1.82) is 0 Å². The molecule has 5 rings (SSSR count). The Morgan fingerprint density at radius 2 is 1.74 bits per heavy atom. The summed E-state index contributed by atoms with van der Waals surface area (Å²) in [7, 11) is 0.997. The molecule has 1 unspecified atom stereocenters. The number of hydrogen-bond acceptors (Lipinski definition) is 5. The first-order valence-electron chi connectivity index (χ1n) is 13.6. The highest BCUT2D eigenvalue weighted by Crippen LogP contribution is 2.30. The molecule has 0 saturated carbocycles. The van der Waals surface area contributed by atoms with E-state index in [1.165, 1.54) is 5.56 Å². The number of ether oxygens (including phenoxy) is 2. The van der Waals surface area contributed by atoms with Gasteiger partial charge >= 0.3 is 0 Å². The Morgan fingerprint density at radius 3 is 2.46 bits per heavy atom. The van der Waals surface area contributed by atoms with Crippen molar-refractivity contribution in [3.8, 4) is 16.9 Å². The molecule has 2 aliphatic heterocycles. The molecule has 39 heavy (non-hydrogen) atoms. The fourth-order valence-corrected chi connectivity index (χ4v) is 6.38. The summed E-state index contributed by atoms with van der Waals surface area (Å²) in [6.45, 7) is 5.11. The highest BCUT2D eigenvalue weighted by atomic mass is 32.2. The van der Waals surface area contributed by atoms with Gasteiger partial charge in [0.2, 0.25) is 0 Å². The van der Waals surface area contributed by atoms with Gasteiger partial charge in [0.05, 0.1) is 17.4 Å². The normalized spacial score (nSPS) is 17.7. The van der Waals surface area contributed by atoms with Gasteiger partial charge in [0.1, 0.15) is 5.75 Å². The molecular weight excluding hydrogens is 508 g/mol. The molecular formula is C32H36N2O4S. The quantitative estimate of drug-likeness (QED) is 0.383. The molecule has 0 aliphatic carbocycles. The lowest BCUT2D eigenvalue weighted by Crippen LogP contribution is -2.36. The second-order valence-electron chi connectivity index (χ2n) is 10.1. The Labute approximate surface area is 233 Å². The zero-order valence-corrected chi connectivity index (χ0v) is 23.5. The van der Waals surface area contributed by atoms with Crippen LogP contribution in [0.1, 0.15) is 37.3 Å². The van der Waals surface area contributed by atoms with Gasteiger partial charge in [-0.05, 0) is 98.0 Å². The first-order valence-corrected chi connectivity index (χ1v) is 15.0. The lowest BCUT2D eigenvalue weighted by Gasteiger charge is -2.31. The second kappa shape index (κ2) is 12.7. The summed E-state index contributed by atoms with van der Waals surface area (Å²) in [5.41, 5.74) is 5.48. The molecule has 7 heteroatoms. The molecule has 1 N–H and O–H groups in total. The van der Waals surface area contributed by atoms with E-state index >= 15 is 0 Å². The van der Waals surface area contributed by atoms with Crippen LogP contribution >= 0.6 is 0 Å². The standard InChI is InChI=1S/C32H36N2O4S/c1-3-38-30-11-6-24(7-12-30)25-8-13-31-27(20-25)21-26(16-19-39(31)36)32(35)33-28-9-4-23(5-10-28)22-34(2)29-14-17-37-18-15-29/h4-13,20-21,29H,3,14-19,22H2,1-2H3,(H,33,35). The van der Waals surface area contributed by atoms with Gasteiger partial charge < -0.3 is 14.8 Å². The number of nitrogens with one attached hydrogen (secondary N) is 1. The number of rotatable bonds is 8. The molecule has 3 aromatic carbocycles. The number of fused-ring (bicyclic) bond motifs is 1. The van der Waals surface area contributed by atoms with Crippen LogP contribution in [0.4, 0.5) is 5.69 Å². The summed E-state index contributed by atoms with van der Waals surface area (Å²) >= 11 is 0. The Morgan fingerprint density at radius 1 is 1.03 bits per heavy atom. The second-order valence-corrected chi connectivity index (χ2v) is 11.6. The number of carbonyl (C=O) groups is 1. The molecule has 0 bridgehead atoms. The highest BCUT2D eigenvalue weighted by molar-refractivity contribution is 7.85. The van der Waals surface area contributed by atoms with Crippen LogP contribution in [-0.4, -0.2) is 53.7 Å². The van der Waals surface area contributed by atoms with Crippen molar-refractivity contribution in [2.24, 2.45) is 0 Å². The molecule has 3 aromatic rings. The molecule has 204 valence electrons. The fraction of sp³-hybridized carbons (Fsp3) is 0.344. The summed E-state index contributed by atoms with van der Waals surface area (Å²) in [5.74, 6) is 1.10. The van der Waals surface area contributed by atoms with Crippen LogP contribution in [0.2, 0.25) is 0 Å². The van der Waals surface area contributed by atoms with E-state index in [-0.39, 0.29) is 5.91 Å². The SMILES string of the molecule is CCOc1ccc(-c2ccc3c(c2)C=C(C(=O)Nc2ccc(CN(C)C4CCOCC4)cc2)CCS3=O)cc1. The van der Waals surface area contributed by atoms with Crippen molar-refractivity contribution >= 4 is 28.5 Å². The van der Waals surface area contributed by atoms with Crippen LogP contribution in [0.3, 0.4) is 0 Å². The van der Waals surface area contributed by atoms with Gasteiger partial charge in [-0.25, -0.2) is 0 Å². The van der Waals surface area contributed by atoms with E-state index in [2.05, 4.69) is 29.4 Å². The van der Waals surface area contributed by atoms with E-state index in [0.29, 0.717) is 30.4 Å². The molecule has 1 atom stereocenters. The third kappa shape index (κ3) is 6.85. The summed E-state index contributed by atoms with van der Waals surface area (Å²) in [6.07, 6.45) is 4.48. The van der Waals surface area contributed by atoms with Crippen LogP contribution < -0.4 is 10.1 Å². The minimum atomic E-state index is -1.16. The Balaban J connectivity index is 1.28. The molecule has 0 radical (unpaired) electrons. The number of anilines is 1. The molecule has 1 saturated heterocycles. The number of amides is 1. The van der Waals surface area contributed by atoms with Gasteiger partial charge in [0, 0.05) is 47.7 Å².